The van der Waals surface area contributed by atoms with E-state index < -0.39 is 17.8 Å². The quantitative estimate of drug-likeness (QED) is 0.369. The van der Waals surface area contributed by atoms with Gasteiger partial charge in [-0.15, -0.1) is 0 Å². The molecule has 0 aliphatic heterocycles. The van der Waals surface area contributed by atoms with Crippen LogP contribution in [0.5, 0.6) is 17.2 Å². The number of rotatable bonds is 7. The molecule has 0 saturated heterocycles. The zero-order valence-electron chi connectivity index (χ0n) is 17.1. The lowest BCUT2D eigenvalue weighted by Gasteiger charge is -2.14. The molecule has 4 rings (SSSR count). The van der Waals surface area contributed by atoms with E-state index >= 15 is 0 Å². The number of carbonyl (C=O) groups is 2. The summed E-state index contributed by atoms with van der Waals surface area (Å²) in [6.45, 7) is 0.235. The van der Waals surface area contributed by atoms with Gasteiger partial charge in [0.05, 0.1) is 16.8 Å². The third-order valence-corrected chi connectivity index (χ3v) is 4.72. The van der Waals surface area contributed by atoms with Gasteiger partial charge < -0.3 is 20.3 Å². The second-order valence-electron chi connectivity index (χ2n) is 6.99. The summed E-state index contributed by atoms with van der Waals surface area (Å²) in [7, 11) is 0. The topological polar surface area (TPSA) is 124 Å². The molecule has 9 heteroatoms. The molecule has 0 spiro atoms. The number of hydrogen-bond donors (Lipinski definition) is 3. The number of nitrogens with two attached hydrogens (primary N) is 1. The van der Waals surface area contributed by atoms with E-state index in [-0.39, 0.29) is 29.4 Å². The molecule has 0 unspecified atom stereocenters. The molecule has 0 aliphatic rings. The number of amides is 2. The third-order valence-electron chi connectivity index (χ3n) is 4.72. The van der Waals surface area contributed by atoms with E-state index in [4.69, 9.17) is 20.3 Å². The summed E-state index contributed by atoms with van der Waals surface area (Å²) in [5.41, 5.74) is 6.90. The highest BCUT2D eigenvalue weighted by molar-refractivity contribution is 6.01. The molecule has 0 fully saturated rings. The van der Waals surface area contributed by atoms with Gasteiger partial charge in [-0.25, -0.2) is 9.18 Å². The lowest BCUT2D eigenvalue weighted by atomic mass is 10.1. The first-order valence-electron chi connectivity index (χ1n) is 9.77. The van der Waals surface area contributed by atoms with Gasteiger partial charge in [-0.05, 0) is 29.8 Å². The van der Waals surface area contributed by atoms with Crippen LogP contribution in [0.25, 0.3) is 10.9 Å². The Morgan fingerprint density at radius 1 is 1.03 bits per heavy atom. The number of primary amides is 1. The smallest absolute Gasteiger partial charge is 0.409 e. The minimum absolute atomic E-state index is 0.126. The fourth-order valence-corrected chi connectivity index (χ4v) is 3.19. The van der Waals surface area contributed by atoms with Gasteiger partial charge in [0.15, 0.2) is 5.82 Å². The van der Waals surface area contributed by atoms with Crippen LogP contribution in [0.4, 0.5) is 14.9 Å². The summed E-state index contributed by atoms with van der Waals surface area (Å²) in [5, 5.41) is 11.2. The third kappa shape index (κ3) is 4.99. The summed E-state index contributed by atoms with van der Waals surface area (Å²) in [4.78, 5) is 27.1. The Hall–Kier alpha value is -4.66. The average molecular weight is 447 g/mol. The Labute approximate surface area is 187 Å². The summed E-state index contributed by atoms with van der Waals surface area (Å²) >= 11 is 0. The van der Waals surface area contributed by atoms with Gasteiger partial charge in [0.1, 0.15) is 23.9 Å². The lowest BCUT2D eigenvalue weighted by Crippen LogP contribution is -2.13. The number of ether oxygens (including phenoxy) is 2. The van der Waals surface area contributed by atoms with E-state index in [1.54, 1.807) is 12.1 Å². The predicted octanol–water partition coefficient (Wildman–Crippen LogP) is 4.93. The molecule has 4 N–H and O–H groups in total. The maximum absolute atomic E-state index is 14.2. The minimum atomic E-state index is -1.38. The molecule has 166 valence electrons. The highest BCUT2D eigenvalue weighted by Crippen LogP contribution is 2.34. The van der Waals surface area contributed by atoms with Crippen molar-refractivity contribution in [3.63, 3.8) is 0 Å². The Morgan fingerprint density at radius 3 is 2.52 bits per heavy atom. The second-order valence-corrected chi connectivity index (χ2v) is 6.99. The number of hydrogen-bond acceptors (Lipinski definition) is 5. The van der Waals surface area contributed by atoms with Gasteiger partial charge in [-0.2, -0.15) is 0 Å². The SMILES string of the molecule is NC(=O)c1cc2c(Oc3ccc(NC(=O)O)c(F)c3)ccnc2cc1OCc1ccccc1. The summed E-state index contributed by atoms with van der Waals surface area (Å²) in [6, 6.07) is 17.8. The largest absolute Gasteiger partial charge is 0.488 e. The fraction of sp³-hybridized carbons (Fsp3) is 0.0417. The molecule has 0 radical (unpaired) electrons. The Morgan fingerprint density at radius 2 is 1.82 bits per heavy atom. The number of aromatic nitrogens is 1. The minimum Gasteiger partial charge on any atom is -0.488 e. The first-order valence-corrected chi connectivity index (χ1v) is 9.77. The normalized spacial score (nSPS) is 10.6. The van der Waals surface area contributed by atoms with Crippen LogP contribution in [-0.4, -0.2) is 22.1 Å². The monoisotopic (exact) mass is 447 g/mol. The van der Waals surface area contributed by atoms with Gasteiger partial charge in [-0.1, -0.05) is 30.3 Å². The number of pyridine rings is 1. The number of nitrogens with zero attached hydrogens (tertiary/aromatic N) is 1. The van der Waals surface area contributed by atoms with Crippen molar-refractivity contribution in [1.29, 1.82) is 0 Å². The maximum Gasteiger partial charge on any atom is 0.409 e. The molecule has 1 heterocycles. The van der Waals surface area contributed by atoms with Crippen molar-refractivity contribution < 1.29 is 28.6 Å². The van der Waals surface area contributed by atoms with E-state index in [0.29, 0.717) is 16.7 Å². The summed E-state index contributed by atoms with van der Waals surface area (Å²) in [5.74, 6) is -0.789. The van der Waals surface area contributed by atoms with Crippen LogP contribution in [0.3, 0.4) is 0 Å². The number of carbonyl (C=O) groups excluding carboxylic acids is 1. The zero-order chi connectivity index (χ0) is 23.4. The number of nitrogens with one attached hydrogen (secondary N) is 1. The highest BCUT2D eigenvalue weighted by atomic mass is 19.1. The van der Waals surface area contributed by atoms with Crippen molar-refractivity contribution in [1.82, 2.24) is 4.98 Å². The highest BCUT2D eigenvalue weighted by Gasteiger charge is 2.16. The molecule has 4 aromatic rings. The molecule has 0 bridgehead atoms. The fourth-order valence-electron chi connectivity index (χ4n) is 3.19. The number of benzene rings is 3. The van der Waals surface area contributed by atoms with Crippen LogP contribution in [-0.2, 0) is 6.61 Å². The molecule has 0 atom stereocenters. The van der Waals surface area contributed by atoms with E-state index in [1.807, 2.05) is 35.6 Å². The van der Waals surface area contributed by atoms with E-state index in [9.17, 15) is 14.0 Å². The van der Waals surface area contributed by atoms with Gasteiger partial charge in [-0.3, -0.25) is 15.1 Å². The van der Waals surface area contributed by atoms with Crippen LogP contribution in [0.15, 0.2) is 72.9 Å². The van der Waals surface area contributed by atoms with Crippen LogP contribution in [0, 0.1) is 5.82 Å². The van der Waals surface area contributed by atoms with Crippen molar-refractivity contribution in [2.75, 3.05) is 5.32 Å². The number of carboxylic acid groups (broad SMARTS) is 1. The van der Waals surface area contributed by atoms with Crippen LogP contribution in [0.1, 0.15) is 15.9 Å². The van der Waals surface area contributed by atoms with Crippen LogP contribution >= 0.6 is 0 Å². The first-order chi connectivity index (χ1) is 15.9. The molecule has 0 saturated carbocycles. The molecule has 8 nitrogen and oxygen atoms in total. The number of fused-ring (bicyclic) bond motifs is 1. The van der Waals surface area contributed by atoms with Crippen molar-refractivity contribution in [2.45, 2.75) is 6.61 Å². The predicted molar refractivity (Wildman–Crippen MR) is 119 cm³/mol. The van der Waals surface area contributed by atoms with Crippen molar-refractivity contribution in [3.8, 4) is 17.2 Å². The molecule has 2 amide bonds. The molecule has 1 aromatic heterocycles. The van der Waals surface area contributed by atoms with Gasteiger partial charge in [0.2, 0.25) is 0 Å². The molecular weight excluding hydrogens is 429 g/mol. The van der Waals surface area contributed by atoms with Crippen molar-refractivity contribution in [3.05, 3.63) is 89.9 Å². The number of anilines is 1. The summed E-state index contributed by atoms with van der Waals surface area (Å²) < 4.78 is 25.8. The average Bonchev–Trinajstić information content (AvgIpc) is 2.79. The van der Waals surface area contributed by atoms with Crippen LogP contribution < -0.4 is 20.5 Å². The van der Waals surface area contributed by atoms with Crippen molar-refractivity contribution >= 4 is 28.6 Å². The molecule has 33 heavy (non-hydrogen) atoms. The molecular formula is C24H18FN3O5. The number of halogens is 1. The van der Waals surface area contributed by atoms with E-state index in [0.717, 1.165) is 11.6 Å². The lowest BCUT2D eigenvalue weighted by molar-refractivity contribution is 0.0996. The Balaban J connectivity index is 1.66. The maximum atomic E-state index is 14.2. The van der Waals surface area contributed by atoms with Crippen molar-refractivity contribution in [2.24, 2.45) is 5.73 Å². The zero-order valence-corrected chi connectivity index (χ0v) is 17.1. The second kappa shape index (κ2) is 9.23. The van der Waals surface area contributed by atoms with E-state index in [2.05, 4.69) is 4.98 Å². The molecule has 0 aliphatic carbocycles. The van der Waals surface area contributed by atoms with E-state index in [1.165, 1.54) is 24.4 Å². The van der Waals surface area contributed by atoms with Gasteiger partial charge in [0, 0.05) is 23.7 Å². The summed E-state index contributed by atoms with van der Waals surface area (Å²) in [6.07, 6.45) is 0.117. The Kier molecular flexibility index (Phi) is 6.03. The van der Waals surface area contributed by atoms with Gasteiger partial charge >= 0.3 is 6.09 Å². The van der Waals surface area contributed by atoms with Gasteiger partial charge in [0.25, 0.3) is 5.91 Å². The Bertz CT molecular complexity index is 1350. The van der Waals surface area contributed by atoms with Crippen LogP contribution in [0.2, 0.25) is 0 Å². The first kappa shape index (κ1) is 21.6. The molecule has 3 aromatic carbocycles. The standard InChI is InChI=1S/C24H18FN3O5/c25-18-10-15(6-7-19(18)28-24(30)31)33-21-8-9-27-20-12-22(17(23(26)29)11-16(20)21)32-13-14-4-2-1-3-5-14/h1-12,28H,13H2,(H2,26,29)(H,30,31).